The van der Waals surface area contributed by atoms with E-state index in [1.54, 1.807) is 6.92 Å². The zero-order valence-corrected chi connectivity index (χ0v) is 13.3. The number of nitrogens with one attached hydrogen (secondary N) is 1. The molecule has 0 aromatic carbocycles. The summed E-state index contributed by atoms with van der Waals surface area (Å²) >= 11 is 0. The second kappa shape index (κ2) is 4.78. The summed E-state index contributed by atoms with van der Waals surface area (Å²) in [5, 5.41) is 9.86. The first-order valence-electron chi connectivity index (χ1n) is 7.42. The molecule has 2 fully saturated rings. The molecule has 1 aromatic heterocycles. The molecule has 0 aliphatic carbocycles. The fraction of sp³-hybridized carbons (Fsp3) is 0.733. The molecule has 0 radical (unpaired) electrons. The van der Waals surface area contributed by atoms with Crippen molar-refractivity contribution in [2.75, 3.05) is 13.2 Å². The van der Waals surface area contributed by atoms with Gasteiger partial charge in [0.1, 0.15) is 11.7 Å². The summed E-state index contributed by atoms with van der Waals surface area (Å²) in [7, 11) is 0. The maximum Gasteiger partial charge on any atom is 0.330 e. The van der Waals surface area contributed by atoms with Crippen molar-refractivity contribution >= 4 is 0 Å². The third-order valence-electron chi connectivity index (χ3n) is 4.67. The van der Waals surface area contributed by atoms with Crippen LogP contribution in [0.5, 0.6) is 0 Å². The first-order chi connectivity index (χ1) is 10.2. The van der Waals surface area contributed by atoms with E-state index < -0.39 is 23.1 Å². The predicted molar refractivity (Wildman–Crippen MR) is 78.7 cm³/mol. The summed E-state index contributed by atoms with van der Waals surface area (Å²) in [5.74, 6) is -0.0471. The van der Waals surface area contributed by atoms with Crippen molar-refractivity contribution in [2.24, 2.45) is 11.3 Å². The van der Waals surface area contributed by atoms with E-state index >= 15 is 0 Å². The van der Waals surface area contributed by atoms with Crippen LogP contribution in [0, 0.1) is 18.3 Å². The van der Waals surface area contributed by atoms with E-state index in [-0.39, 0.29) is 24.0 Å². The fourth-order valence-electron chi connectivity index (χ4n) is 3.84. The molecule has 3 heterocycles. The van der Waals surface area contributed by atoms with Gasteiger partial charge < -0.3 is 14.6 Å². The summed E-state index contributed by atoms with van der Waals surface area (Å²) in [4.78, 5) is 25.9. The first-order valence-corrected chi connectivity index (χ1v) is 7.42. The van der Waals surface area contributed by atoms with Crippen LogP contribution in [0.25, 0.3) is 0 Å². The Morgan fingerprint density at radius 2 is 2.14 bits per heavy atom. The maximum absolute atomic E-state index is 12.1. The van der Waals surface area contributed by atoms with Crippen LogP contribution < -0.4 is 11.2 Å². The van der Waals surface area contributed by atoms with Crippen molar-refractivity contribution in [3.63, 3.8) is 0 Å². The summed E-state index contributed by atoms with van der Waals surface area (Å²) < 4.78 is 13.3. The van der Waals surface area contributed by atoms with Gasteiger partial charge in [-0.2, -0.15) is 0 Å². The van der Waals surface area contributed by atoms with Crippen LogP contribution in [0.3, 0.4) is 0 Å². The predicted octanol–water partition coefficient (Wildman–Crippen LogP) is 0.166. The minimum Gasteiger partial charge on any atom is -0.393 e. The van der Waals surface area contributed by atoms with Crippen molar-refractivity contribution in [1.29, 1.82) is 0 Å². The van der Waals surface area contributed by atoms with Crippen molar-refractivity contribution in [3.05, 3.63) is 32.6 Å². The van der Waals surface area contributed by atoms with Crippen molar-refractivity contribution < 1.29 is 14.6 Å². The molecule has 0 saturated carbocycles. The molecule has 7 nitrogen and oxygen atoms in total. The molecular weight excluding hydrogens is 288 g/mol. The Bertz CT molecular complexity index is 701. The van der Waals surface area contributed by atoms with Crippen LogP contribution in [0.4, 0.5) is 0 Å². The second-order valence-electron chi connectivity index (χ2n) is 7.33. The van der Waals surface area contributed by atoms with Gasteiger partial charge in [0.2, 0.25) is 0 Å². The molecule has 4 atom stereocenters. The SMILES string of the molecule is Cc1cn(C2OC3(CO)COC2[C@H]3C(C)(C)C)c(=O)[nH]c1=O. The summed E-state index contributed by atoms with van der Waals surface area (Å²) in [6, 6.07) is 0. The average molecular weight is 310 g/mol. The quantitative estimate of drug-likeness (QED) is 0.812. The van der Waals surface area contributed by atoms with E-state index in [1.165, 1.54) is 10.8 Å². The van der Waals surface area contributed by atoms with Crippen molar-refractivity contribution in [3.8, 4) is 0 Å². The number of ether oxygens (including phenoxy) is 2. The Hall–Kier alpha value is -1.44. The number of rotatable bonds is 2. The Labute approximate surface area is 127 Å². The van der Waals surface area contributed by atoms with Gasteiger partial charge in [-0.25, -0.2) is 4.79 Å². The number of fused-ring (bicyclic) bond motifs is 2. The molecule has 2 aliphatic rings. The number of hydrogen-bond donors (Lipinski definition) is 2. The van der Waals surface area contributed by atoms with Crippen LogP contribution in [-0.4, -0.2) is 39.6 Å². The smallest absolute Gasteiger partial charge is 0.330 e. The lowest BCUT2D eigenvalue weighted by atomic mass is 9.71. The Morgan fingerprint density at radius 3 is 2.68 bits per heavy atom. The minimum absolute atomic E-state index is 0.0471. The Balaban J connectivity index is 2.08. The summed E-state index contributed by atoms with van der Waals surface area (Å²) in [6.07, 6.45) is 0.504. The fourth-order valence-corrected chi connectivity index (χ4v) is 3.84. The molecule has 0 spiro atoms. The van der Waals surface area contributed by atoms with Gasteiger partial charge in [0, 0.05) is 17.7 Å². The van der Waals surface area contributed by atoms with E-state index in [9.17, 15) is 14.7 Å². The largest absolute Gasteiger partial charge is 0.393 e. The average Bonchev–Trinajstić information content (AvgIpc) is 2.96. The Kier molecular flexibility index (Phi) is 3.36. The highest BCUT2D eigenvalue weighted by Crippen LogP contribution is 2.55. The maximum atomic E-state index is 12.1. The molecule has 7 heteroatoms. The van der Waals surface area contributed by atoms with E-state index in [0.717, 1.165) is 0 Å². The highest BCUT2D eigenvalue weighted by molar-refractivity contribution is 5.11. The van der Waals surface area contributed by atoms with Crippen LogP contribution in [0.2, 0.25) is 0 Å². The molecule has 3 rings (SSSR count). The van der Waals surface area contributed by atoms with Gasteiger partial charge in [-0.1, -0.05) is 20.8 Å². The summed E-state index contributed by atoms with van der Waals surface area (Å²) in [6.45, 7) is 7.97. The Morgan fingerprint density at radius 1 is 1.45 bits per heavy atom. The molecule has 2 aliphatic heterocycles. The monoisotopic (exact) mass is 310 g/mol. The molecular formula is C15H22N2O5. The van der Waals surface area contributed by atoms with Gasteiger partial charge in [-0.3, -0.25) is 14.3 Å². The molecule has 2 bridgehead atoms. The molecule has 0 amide bonds. The third kappa shape index (κ3) is 2.07. The molecule has 2 N–H and O–H groups in total. The van der Waals surface area contributed by atoms with Gasteiger partial charge in [0.15, 0.2) is 6.23 Å². The zero-order valence-electron chi connectivity index (χ0n) is 13.3. The number of nitrogens with zero attached hydrogens (tertiary/aromatic N) is 1. The number of H-pyrrole nitrogens is 1. The summed E-state index contributed by atoms with van der Waals surface area (Å²) in [5.41, 5.74) is -1.47. The number of aromatic nitrogens is 2. The lowest BCUT2D eigenvalue weighted by Gasteiger charge is -2.35. The highest BCUT2D eigenvalue weighted by Gasteiger charge is 2.65. The van der Waals surface area contributed by atoms with Crippen LogP contribution in [0.1, 0.15) is 32.6 Å². The lowest BCUT2D eigenvalue weighted by Crippen LogP contribution is -2.46. The van der Waals surface area contributed by atoms with Crippen molar-refractivity contribution in [1.82, 2.24) is 9.55 Å². The van der Waals surface area contributed by atoms with Crippen LogP contribution in [0.15, 0.2) is 15.8 Å². The number of aryl methyl sites for hydroxylation is 1. The van der Waals surface area contributed by atoms with E-state index in [4.69, 9.17) is 9.47 Å². The number of aliphatic hydroxyl groups is 1. The van der Waals surface area contributed by atoms with Gasteiger partial charge in [0.25, 0.3) is 5.56 Å². The number of hydrogen-bond acceptors (Lipinski definition) is 5. The second-order valence-corrected chi connectivity index (χ2v) is 7.33. The van der Waals surface area contributed by atoms with Crippen LogP contribution >= 0.6 is 0 Å². The normalized spacial score (nSPS) is 34.3. The van der Waals surface area contributed by atoms with Gasteiger partial charge in [0.05, 0.1) is 13.2 Å². The van der Waals surface area contributed by atoms with Gasteiger partial charge in [-0.15, -0.1) is 0 Å². The molecule has 1 aromatic rings. The molecule has 3 unspecified atom stereocenters. The zero-order chi connectivity index (χ0) is 16.3. The number of aromatic amines is 1. The van der Waals surface area contributed by atoms with Gasteiger partial charge in [-0.05, 0) is 12.3 Å². The topological polar surface area (TPSA) is 93.6 Å². The van der Waals surface area contributed by atoms with E-state index in [0.29, 0.717) is 12.2 Å². The minimum atomic E-state index is -0.808. The van der Waals surface area contributed by atoms with Crippen molar-refractivity contribution in [2.45, 2.75) is 45.6 Å². The number of aliphatic hydroxyl groups excluding tert-OH is 1. The molecule has 22 heavy (non-hydrogen) atoms. The first kappa shape index (κ1) is 15.5. The molecule has 122 valence electrons. The highest BCUT2D eigenvalue weighted by atomic mass is 16.6. The van der Waals surface area contributed by atoms with Gasteiger partial charge >= 0.3 is 5.69 Å². The lowest BCUT2D eigenvalue weighted by molar-refractivity contribution is -0.187. The van der Waals surface area contributed by atoms with E-state index in [2.05, 4.69) is 25.8 Å². The third-order valence-corrected chi connectivity index (χ3v) is 4.67. The van der Waals surface area contributed by atoms with Crippen LogP contribution in [-0.2, 0) is 9.47 Å². The van der Waals surface area contributed by atoms with E-state index in [1.807, 2.05) is 0 Å². The molecule has 2 saturated heterocycles. The standard InChI is InChI=1S/C15H22N2O5/c1-8-5-17(13(20)16-11(8)19)12-9-10(14(2,3)4)15(6-18,22-12)7-21-9/h5,9-10,12,18H,6-7H2,1-4H3,(H,16,19,20)/t9?,10-,12?,15?/m0/s1.